The molecular formula is C20H26FN5S. The second kappa shape index (κ2) is 9.86. The van der Waals surface area contributed by atoms with Crippen molar-refractivity contribution < 1.29 is 4.39 Å². The molecule has 1 saturated heterocycles. The minimum absolute atomic E-state index is 0.163. The molecule has 3 rings (SSSR count). The number of unbranched alkanes of at least 4 members (excludes halogenated alkanes) is 2. The summed E-state index contributed by atoms with van der Waals surface area (Å²) in [6.45, 7) is 4.33. The molecule has 27 heavy (non-hydrogen) atoms. The second-order valence-electron chi connectivity index (χ2n) is 6.89. The number of rotatable bonds is 8. The molecule has 0 bridgehead atoms. The Morgan fingerprint density at radius 3 is 2.59 bits per heavy atom. The maximum absolute atomic E-state index is 13.4. The predicted molar refractivity (Wildman–Crippen MR) is 105 cm³/mol. The summed E-state index contributed by atoms with van der Waals surface area (Å²) < 4.78 is 15.5. The van der Waals surface area contributed by atoms with Gasteiger partial charge in [0.25, 0.3) is 0 Å². The van der Waals surface area contributed by atoms with Gasteiger partial charge in [-0.15, -0.1) is 10.2 Å². The minimum atomic E-state index is -0.247. The van der Waals surface area contributed by atoms with Crippen molar-refractivity contribution in [3.8, 4) is 11.8 Å². The number of nitriles is 1. The normalized spacial score (nSPS) is 16.2. The van der Waals surface area contributed by atoms with E-state index in [1.807, 2.05) is 0 Å². The van der Waals surface area contributed by atoms with Gasteiger partial charge < -0.3 is 0 Å². The number of likely N-dealkylation sites (tertiary alicyclic amines) is 1. The van der Waals surface area contributed by atoms with Gasteiger partial charge >= 0.3 is 0 Å². The van der Waals surface area contributed by atoms with Crippen molar-refractivity contribution >= 4 is 11.8 Å². The molecule has 7 heteroatoms. The van der Waals surface area contributed by atoms with Crippen LogP contribution in [0.4, 0.5) is 4.39 Å². The topological polar surface area (TPSA) is 57.7 Å². The molecule has 0 N–H and O–H groups in total. The zero-order valence-electron chi connectivity index (χ0n) is 15.8. The van der Waals surface area contributed by atoms with Crippen LogP contribution in [0.15, 0.2) is 29.4 Å². The fourth-order valence-electron chi connectivity index (χ4n) is 3.42. The lowest BCUT2D eigenvalue weighted by Gasteiger charge is -2.31. The Morgan fingerprint density at radius 2 is 1.89 bits per heavy atom. The highest BCUT2D eigenvalue weighted by Gasteiger charge is 2.25. The number of thioether (sulfide) groups is 1. The van der Waals surface area contributed by atoms with Crippen molar-refractivity contribution in [2.75, 3.05) is 18.8 Å². The van der Waals surface area contributed by atoms with E-state index in [9.17, 15) is 4.39 Å². The molecule has 1 aliphatic heterocycles. The average Bonchev–Trinajstić information content (AvgIpc) is 3.12. The van der Waals surface area contributed by atoms with Gasteiger partial charge in [0.1, 0.15) is 5.82 Å². The summed E-state index contributed by atoms with van der Waals surface area (Å²) in [4.78, 5) is 2.45. The third-order valence-corrected chi connectivity index (χ3v) is 5.98. The van der Waals surface area contributed by atoms with Gasteiger partial charge in [0.2, 0.25) is 0 Å². The van der Waals surface area contributed by atoms with Crippen molar-refractivity contribution in [1.29, 1.82) is 5.26 Å². The Bertz CT molecular complexity index is 762. The number of halogens is 1. The summed E-state index contributed by atoms with van der Waals surface area (Å²) in [5, 5.41) is 18.4. The molecule has 1 aliphatic rings. The van der Waals surface area contributed by atoms with Crippen molar-refractivity contribution in [1.82, 2.24) is 19.7 Å². The quantitative estimate of drug-likeness (QED) is 0.484. The summed E-state index contributed by atoms with van der Waals surface area (Å²) >= 11 is 1.65. The van der Waals surface area contributed by atoms with Crippen molar-refractivity contribution in [2.24, 2.45) is 0 Å². The SMILES string of the molecule is CC(c1nnc(SCCCCC#N)n1-c1ccc(F)cc1)N1CCCCC1. The van der Waals surface area contributed by atoms with Crippen molar-refractivity contribution in [3.63, 3.8) is 0 Å². The number of benzene rings is 1. The largest absolute Gasteiger partial charge is 0.294 e. The summed E-state index contributed by atoms with van der Waals surface area (Å²) in [5.41, 5.74) is 0.889. The van der Waals surface area contributed by atoms with Gasteiger partial charge in [-0.25, -0.2) is 4.39 Å². The molecule has 144 valence electrons. The Labute approximate surface area is 164 Å². The molecular weight excluding hydrogens is 361 g/mol. The summed E-state index contributed by atoms with van der Waals surface area (Å²) in [6, 6.07) is 8.87. The number of aromatic nitrogens is 3. The first kappa shape index (κ1) is 19.8. The first-order valence-electron chi connectivity index (χ1n) is 9.66. The number of piperidine rings is 1. The third kappa shape index (κ3) is 5.08. The monoisotopic (exact) mass is 387 g/mol. The Morgan fingerprint density at radius 1 is 1.15 bits per heavy atom. The molecule has 0 saturated carbocycles. The molecule has 1 fully saturated rings. The maximum atomic E-state index is 13.4. The summed E-state index contributed by atoms with van der Waals surface area (Å²) in [7, 11) is 0. The van der Waals surface area contributed by atoms with Crippen LogP contribution in [0.5, 0.6) is 0 Å². The van der Waals surface area contributed by atoms with Gasteiger partial charge in [-0.1, -0.05) is 18.2 Å². The molecule has 0 aliphatic carbocycles. The second-order valence-corrected chi connectivity index (χ2v) is 7.95. The minimum Gasteiger partial charge on any atom is -0.294 e. The van der Waals surface area contributed by atoms with Gasteiger partial charge in [-0.05, 0) is 70.0 Å². The van der Waals surface area contributed by atoms with E-state index in [1.54, 1.807) is 23.9 Å². The highest BCUT2D eigenvalue weighted by atomic mass is 32.2. The van der Waals surface area contributed by atoms with Crippen LogP contribution in [-0.2, 0) is 0 Å². The highest BCUT2D eigenvalue weighted by Crippen LogP contribution is 2.29. The van der Waals surface area contributed by atoms with E-state index in [1.165, 1.54) is 31.4 Å². The van der Waals surface area contributed by atoms with Crippen molar-refractivity contribution in [3.05, 3.63) is 35.9 Å². The molecule has 1 unspecified atom stereocenters. The molecule has 0 radical (unpaired) electrons. The zero-order chi connectivity index (χ0) is 19.1. The molecule has 2 heterocycles. The van der Waals surface area contributed by atoms with E-state index in [0.29, 0.717) is 6.42 Å². The van der Waals surface area contributed by atoms with E-state index in [-0.39, 0.29) is 11.9 Å². The van der Waals surface area contributed by atoms with Crippen LogP contribution >= 0.6 is 11.8 Å². The number of nitrogens with zero attached hydrogens (tertiary/aromatic N) is 5. The van der Waals surface area contributed by atoms with Crippen LogP contribution in [0, 0.1) is 17.1 Å². The van der Waals surface area contributed by atoms with Crippen molar-refractivity contribution in [2.45, 2.75) is 56.6 Å². The first-order valence-corrected chi connectivity index (χ1v) is 10.6. The van der Waals surface area contributed by atoms with Gasteiger partial charge in [0.05, 0.1) is 12.1 Å². The van der Waals surface area contributed by atoms with Crippen LogP contribution in [0.3, 0.4) is 0 Å². The molecule has 2 aromatic rings. The highest BCUT2D eigenvalue weighted by molar-refractivity contribution is 7.99. The van der Waals surface area contributed by atoms with Crippen LogP contribution in [0.2, 0.25) is 0 Å². The predicted octanol–water partition coefficient (Wildman–Crippen LogP) is 4.74. The van der Waals surface area contributed by atoms with E-state index in [0.717, 1.165) is 48.4 Å². The fourth-order valence-corrected chi connectivity index (χ4v) is 4.37. The summed E-state index contributed by atoms with van der Waals surface area (Å²) in [6.07, 6.45) is 6.17. The van der Waals surface area contributed by atoms with E-state index >= 15 is 0 Å². The van der Waals surface area contributed by atoms with Gasteiger partial charge in [-0.3, -0.25) is 9.47 Å². The van der Waals surface area contributed by atoms with E-state index in [2.05, 4.69) is 32.7 Å². The first-order chi connectivity index (χ1) is 13.2. The Hall–Kier alpha value is -1.91. The zero-order valence-corrected chi connectivity index (χ0v) is 16.6. The Balaban J connectivity index is 1.83. The number of hydrogen-bond donors (Lipinski definition) is 0. The van der Waals surface area contributed by atoms with E-state index < -0.39 is 0 Å². The van der Waals surface area contributed by atoms with Gasteiger partial charge in [-0.2, -0.15) is 5.26 Å². The van der Waals surface area contributed by atoms with Gasteiger partial charge in [0, 0.05) is 17.9 Å². The lowest BCUT2D eigenvalue weighted by atomic mass is 10.1. The maximum Gasteiger partial charge on any atom is 0.195 e. The smallest absolute Gasteiger partial charge is 0.195 e. The molecule has 1 atom stereocenters. The van der Waals surface area contributed by atoms with Crippen LogP contribution in [-0.4, -0.2) is 38.5 Å². The average molecular weight is 388 g/mol. The third-order valence-electron chi connectivity index (χ3n) is 4.97. The van der Waals surface area contributed by atoms with Crippen LogP contribution < -0.4 is 0 Å². The fraction of sp³-hybridized carbons (Fsp3) is 0.550. The van der Waals surface area contributed by atoms with Gasteiger partial charge in [0.15, 0.2) is 11.0 Å². The molecule has 0 amide bonds. The standard InChI is InChI=1S/C20H26FN5S/c1-16(25-13-5-3-6-14-25)19-23-24-20(27-15-7-2-4-12-22)26(19)18-10-8-17(21)9-11-18/h8-11,16H,2-7,13-15H2,1H3. The summed E-state index contributed by atoms with van der Waals surface area (Å²) in [5.74, 6) is 1.55. The van der Waals surface area contributed by atoms with E-state index in [4.69, 9.17) is 5.26 Å². The molecule has 5 nitrogen and oxygen atoms in total. The molecule has 1 aromatic carbocycles. The lowest BCUT2D eigenvalue weighted by Crippen LogP contribution is -2.33. The lowest BCUT2D eigenvalue weighted by molar-refractivity contribution is 0.167. The molecule has 1 aromatic heterocycles. The van der Waals surface area contributed by atoms with Crippen LogP contribution in [0.25, 0.3) is 5.69 Å². The van der Waals surface area contributed by atoms with Crippen LogP contribution in [0.1, 0.15) is 57.3 Å². The molecule has 0 spiro atoms. The Kier molecular flexibility index (Phi) is 7.25. The number of hydrogen-bond acceptors (Lipinski definition) is 5.